The van der Waals surface area contributed by atoms with Gasteiger partial charge in [0, 0.05) is 0 Å². The van der Waals surface area contributed by atoms with Crippen LogP contribution in [0.5, 0.6) is 0 Å². The van der Waals surface area contributed by atoms with Crippen LogP contribution in [0.15, 0.2) is 0 Å². The van der Waals surface area contributed by atoms with E-state index in [2.05, 4.69) is 0 Å². The molecule has 0 N–H and O–H groups in total. The fourth-order valence-electron chi connectivity index (χ4n) is 3.24. The molecule has 10 heteroatoms. The van der Waals surface area contributed by atoms with E-state index < -0.39 is 51.9 Å². The Morgan fingerprint density at radius 3 is 2.23 bits per heavy atom. The predicted octanol–water partition coefficient (Wildman–Crippen LogP) is 1.38. The molecule has 148 valence electrons. The van der Waals surface area contributed by atoms with Crippen LogP contribution in [-0.4, -0.2) is 68.0 Å². The van der Waals surface area contributed by atoms with Gasteiger partial charge in [-0.2, -0.15) is 13.7 Å². The number of rotatable bonds is 4. The van der Waals surface area contributed by atoms with Gasteiger partial charge in [0.1, 0.15) is 17.8 Å². The van der Waals surface area contributed by atoms with Gasteiger partial charge in [-0.15, -0.1) is 0 Å². The first-order valence-electron chi connectivity index (χ1n) is 8.32. The highest BCUT2D eigenvalue weighted by Crippen LogP contribution is 2.42. The summed E-state index contributed by atoms with van der Waals surface area (Å²) in [7, 11) is -3.72. The lowest BCUT2D eigenvalue weighted by molar-refractivity contribution is -0.167. The van der Waals surface area contributed by atoms with Crippen molar-refractivity contribution >= 4 is 16.2 Å². The molecule has 0 aliphatic carbocycles. The van der Waals surface area contributed by atoms with Crippen LogP contribution in [0.2, 0.25) is 0 Å². The molecule has 0 aromatic carbocycles. The normalized spacial score (nSPS) is 30.7. The Bertz CT molecular complexity index is 692. The molecular weight excluding hydrogens is 364 g/mol. The summed E-state index contributed by atoms with van der Waals surface area (Å²) in [6.45, 7) is 8.31. The molecule has 2 rings (SSSR count). The van der Waals surface area contributed by atoms with E-state index in [1.807, 2.05) is 6.07 Å². The predicted molar refractivity (Wildman–Crippen MR) is 90.5 cm³/mol. The van der Waals surface area contributed by atoms with Gasteiger partial charge in [-0.05, 0) is 34.6 Å². The smallest absolute Gasteiger partial charge is 0.411 e. The maximum Gasteiger partial charge on any atom is 0.411 e. The zero-order chi connectivity index (χ0) is 19.9. The maximum atomic E-state index is 12.8. The van der Waals surface area contributed by atoms with E-state index in [-0.39, 0.29) is 13.0 Å². The molecule has 0 spiro atoms. The minimum atomic E-state index is -3.72. The highest BCUT2D eigenvalue weighted by Gasteiger charge is 2.60. The van der Waals surface area contributed by atoms with Crippen molar-refractivity contribution in [3.63, 3.8) is 0 Å². The number of hydrogen-bond acceptors (Lipinski definition) is 8. The first-order chi connectivity index (χ1) is 11.7. The molecule has 0 bridgehead atoms. The second-order valence-electron chi connectivity index (χ2n) is 7.94. The van der Waals surface area contributed by atoms with Crippen molar-refractivity contribution in [2.75, 3.05) is 12.9 Å². The molecule has 0 aromatic rings. The van der Waals surface area contributed by atoms with E-state index in [0.29, 0.717) is 0 Å². The molecule has 0 saturated carbocycles. The van der Waals surface area contributed by atoms with Crippen LogP contribution in [0.1, 0.15) is 41.0 Å². The number of carbonyl (C=O) groups is 1. The van der Waals surface area contributed by atoms with Crippen LogP contribution < -0.4 is 0 Å². The first kappa shape index (κ1) is 20.9. The Kier molecular flexibility index (Phi) is 5.59. The molecule has 1 unspecified atom stereocenters. The minimum Gasteiger partial charge on any atom is -0.444 e. The number of fused-ring (bicyclic) bond motifs is 1. The summed E-state index contributed by atoms with van der Waals surface area (Å²) in [5, 5.41) is 9.20. The van der Waals surface area contributed by atoms with Crippen LogP contribution in [0.4, 0.5) is 4.79 Å². The summed E-state index contributed by atoms with van der Waals surface area (Å²) in [5.74, 6) is -0.910. The number of carbonyl (C=O) groups excluding carboxylic acids is 1. The molecule has 2 saturated heterocycles. The lowest BCUT2D eigenvalue weighted by Gasteiger charge is -2.34. The summed E-state index contributed by atoms with van der Waals surface area (Å²) < 4.78 is 45.0. The van der Waals surface area contributed by atoms with Crippen LogP contribution in [0.25, 0.3) is 0 Å². The molecule has 26 heavy (non-hydrogen) atoms. The molecule has 9 nitrogen and oxygen atoms in total. The average molecular weight is 390 g/mol. The Hall–Kier alpha value is -1.41. The standard InChI is InChI=1S/C16H26N2O7S/c1-15(2,3)25-14(19)18-10(7-8-17)12-13(24-16(4,5)23-12)11(18)9-22-26(6,20)21/h10-13H,7,9H2,1-6H3/t10-,11-,12?,13+/m1/s1. The summed E-state index contributed by atoms with van der Waals surface area (Å²) in [6.07, 6.45) is -0.947. The molecule has 2 heterocycles. The molecule has 2 fully saturated rings. The topological polar surface area (TPSA) is 115 Å². The summed E-state index contributed by atoms with van der Waals surface area (Å²) in [4.78, 5) is 14.1. The summed E-state index contributed by atoms with van der Waals surface area (Å²) in [6, 6.07) is 0.657. The quantitative estimate of drug-likeness (QED) is 0.661. The highest BCUT2D eigenvalue weighted by molar-refractivity contribution is 7.85. The lowest BCUT2D eigenvalue weighted by Crippen LogP contribution is -2.50. The lowest BCUT2D eigenvalue weighted by atomic mass is 10.1. The minimum absolute atomic E-state index is 0.00474. The van der Waals surface area contributed by atoms with Crippen LogP contribution in [-0.2, 0) is 28.5 Å². The molecule has 0 aromatic heterocycles. The maximum absolute atomic E-state index is 12.8. The van der Waals surface area contributed by atoms with Gasteiger partial charge in [-0.25, -0.2) is 4.79 Å². The first-order valence-corrected chi connectivity index (χ1v) is 10.1. The zero-order valence-electron chi connectivity index (χ0n) is 15.9. The van der Waals surface area contributed by atoms with Gasteiger partial charge in [-0.1, -0.05) is 0 Å². The number of nitrogens with zero attached hydrogens (tertiary/aromatic N) is 2. The second-order valence-corrected chi connectivity index (χ2v) is 9.58. The van der Waals surface area contributed by atoms with E-state index >= 15 is 0 Å². The van der Waals surface area contributed by atoms with E-state index in [1.54, 1.807) is 34.6 Å². The highest BCUT2D eigenvalue weighted by atomic mass is 32.2. The largest absolute Gasteiger partial charge is 0.444 e. The van der Waals surface area contributed by atoms with Crippen molar-refractivity contribution in [1.29, 1.82) is 5.26 Å². The number of hydrogen-bond donors (Lipinski definition) is 0. The van der Waals surface area contributed by atoms with Crippen molar-refractivity contribution in [3.8, 4) is 6.07 Å². The number of ether oxygens (including phenoxy) is 3. The number of nitriles is 1. The molecule has 2 aliphatic heterocycles. The summed E-state index contributed by atoms with van der Waals surface area (Å²) >= 11 is 0. The molecule has 4 atom stereocenters. The Morgan fingerprint density at radius 1 is 1.23 bits per heavy atom. The van der Waals surface area contributed by atoms with E-state index in [1.165, 1.54) is 4.90 Å². The third-order valence-electron chi connectivity index (χ3n) is 3.99. The Balaban J connectivity index is 2.35. The van der Waals surface area contributed by atoms with E-state index in [0.717, 1.165) is 6.26 Å². The zero-order valence-corrected chi connectivity index (χ0v) is 16.7. The average Bonchev–Trinajstić information content (AvgIpc) is 2.86. The Labute approximate surface area is 154 Å². The van der Waals surface area contributed by atoms with Crippen molar-refractivity contribution in [2.24, 2.45) is 0 Å². The van der Waals surface area contributed by atoms with Crippen LogP contribution in [0, 0.1) is 11.3 Å². The third kappa shape index (κ3) is 4.85. The molecule has 2 aliphatic rings. The van der Waals surface area contributed by atoms with Gasteiger partial charge in [-0.3, -0.25) is 9.08 Å². The molecule has 0 radical (unpaired) electrons. The van der Waals surface area contributed by atoms with Crippen molar-refractivity contribution < 1.29 is 31.6 Å². The van der Waals surface area contributed by atoms with Crippen LogP contribution >= 0.6 is 0 Å². The monoisotopic (exact) mass is 390 g/mol. The van der Waals surface area contributed by atoms with Crippen molar-refractivity contribution in [2.45, 2.75) is 76.7 Å². The fraction of sp³-hybridized carbons (Fsp3) is 0.875. The summed E-state index contributed by atoms with van der Waals surface area (Å²) in [5.41, 5.74) is -0.755. The van der Waals surface area contributed by atoms with Crippen molar-refractivity contribution in [1.82, 2.24) is 4.90 Å². The van der Waals surface area contributed by atoms with E-state index in [9.17, 15) is 18.5 Å². The van der Waals surface area contributed by atoms with Crippen molar-refractivity contribution in [3.05, 3.63) is 0 Å². The van der Waals surface area contributed by atoms with Gasteiger partial charge in [0.05, 0.1) is 37.4 Å². The number of likely N-dealkylation sites (tertiary alicyclic amines) is 1. The fourth-order valence-corrected chi connectivity index (χ4v) is 3.62. The van der Waals surface area contributed by atoms with Gasteiger partial charge in [0.15, 0.2) is 5.79 Å². The van der Waals surface area contributed by atoms with Crippen LogP contribution in [0.3, 0.4) is 0 Å². The third-order valence-corrected chi connectivity index (χ3v) is 4.56. The van der Waals surface area contributed by atoms with E-state index in [4.69, 9.17) is 18.4 Å². The number of amides is 1. The molecule has 1 amide bonds. The van der Waals surface area contributed by atoms with Gasteiger partial charge >= 0.3 is 6.09 Å². The second kappa shape index (κ2) is 6.96. The van der Waals surface area contributed by atoms with Gasteiger partial charge < -0.3 is 14.2 Å². The van der Waals surface area contributed by atoms with Gasteiger partial charge in [0.25, 0.3) is 10.1 Å². The SMILES string of the molecule is CC(C)(C)OC(=O)N1[C@H](CC#N)C2OC(C)(C)O[C@H]2[C@H]1COS(C)(=O)=O. The Morgan fingerprint density at radius 2 is 1.77 bits per heavy atom. The van der Waals surface area contributed by atoms with Gasteiger partial charge in [0.2, 0.25) is 0 Å². The molecular formula is C16H26N2O7S.